The van der Waals surface area contributed by atoms with Crippen molar-refractivity contribution in [2.75, 3.05) is 11.9 Å². The normalized spacial score (nSPS) is 10.8. The van der Waals surface area contributed by atoms with Crippen LogP contribution in [0.25, 0.3) is 16.7 Å². The molecule has 0 aliphatic carbocycles. The molecule has 3 rings (SSSR count). The topological polar surface area (TPSA) is 55.6 Å². The molecule has 0 radical (unpaired) electrons. The highest BCUT2D eigenvalue weighted by Gasteiger charge is 2.10. The zero-order valence-corrected chi connectivity index (χ0v) is 12.2. The van der Waals surface area contributed by atoms with Crippen LogP contribution in [0.1, 0.15) is 11.1 Å². The molecule has 21 heavy (non-hydrogen) atoms. The Balaban J connectivity index is 2.11. The summed E-state index contributed by atoms with van der Waals surface area (Å²) >= 11 is 0. The zero-order valence-electron chi connectivity index (χ0n) is 12.2. The first-order chi connectivity index (χ1) is 10.2. The predicted molar refractivity (Wildman–Crippen MR) is 84.8 cm³/mol. The van der Waals surface area contributed by atoms with Crippen LogP contribution in [0.4, 0.5) is 5.82 Å². The molecule has 2 heterocycles. The summed E-state index contributed by atoms with van der Waals surface area (Å²) in [7, 11) is 0. The molecule has 0 spiro atoms. The molecule has 2 aromatic heterocycles. The number of rotatable bonds is 4. The lowest BCUT2D eigenvalue weighted by atomic mass is 10.1. The van der Waals surface area contributed by atoms with Gasteiger partial charge in [-0.25, -0.2) is 14.6 Å². The number of nitrogens with zero attached hydrogens (tertiary/aromatic N) is 4. The third-order valence-corrected chi connectivity index (χ3v) is 3.51. The van der Waals surface area contributed by atoms with Crippen LogP contribution in [0.15, 0.2) is 43.4 Å². The van der Waals surface area contributed by atoms with Crippen molar-refractivity contribution >= 4 is 16.9 Å². The van der Waals surface area contributed by atoms with Crippen LogP contribution in [0, 0.1) is 13.8 Å². The summed E-state index contributed by atoms with van der Waals surface area (Å²) in [6.45, 7) is 8.54. The first-order valence-corrected chi connectivity index (χ1v) is 6.82. The summed E-state index contributed by atoms with van der Waals surface area (Å²) in [5, 5.41) is 8.55. The smallest absolute Gasteiger partial charge is 0.168 e. The molecule has 5 heteroatoms. The van der Waals surface area contributed by atoms with Crippen LogP contribution in [0.5, 0.6) is 0 Å². The molecule has 0 unspecified atom stereocenters. The quantitative estimate of drug-likeness (QED) is 0.746. The van der Waals surface area contributed by atoms with Gasteiger partial charge < -0.3 is 5.32 Å². The Kier molecular flexibility index (Phi) is 3.39. The fourth-order valence-corrected chi connectivity index (χ4v) is 2.20. The van der Waals surface area contributed by atoms with Gasteiger partial charge in [0.2, 0.25) is 0 Å². The molecular formula is C16H17N5. The van der Waals surface area contributed by atoms with E-state index in [4.69, 9.17) is 0 Å². The largest absolute Gasteiger partial charge is 0.366 e. The maximum Gasteiger partial charge on any atom is 0.168 e. The van der Waals surface area contributed by atoms with Crippen molar-refractivity contribution in [2.24, 2.45) is 0 Å². The van der Waals surface area contributed by atoms with Crippen molar-refractivity contribution in [1.29, 1.82) is 0 Å². The molecule has 0 fully saturated rings. The van der Waals surface area contributed by atoms with Crippen LogP contribution < -0.4 is 5.32 Å². The van der Waals surface area contributed by atoms with Gasteiger partial charge in [-0.2, -0.15) is 5.10 Å². The Labute approximate surface area is 123 Å². The van der Waals surface area contributed by atoms with Crippen LogP contribution in [-0.2, 0) is 0 Å². The maximum atomic E-state index is 4.45. The third kappa shape index (κ3) is 2.38. The number of anilines is 1. The molecule has 106 valence electrons. The maximum absolute atomic E-state index is 4.45. The summed E-state index contributed by atoms with van der Waals surface area (Å²) in [4.78, 5) is 8.62. The van der Waals surface area contributed by atoms with E-state index >= 15 is 0 Å². The molecule has 3 aromatic rings. The number of hydrogen-bond acceptors (Lipinski definition) is 4. The van der Waals surface area contributed by atoms with E-state index in [1.165, 1.54) is 11.1 Å². The monoisotopic (exact) mass is 279 g/mol. The fraction of sp³-hybridized carbons (Fsp3) is 0.188. The molecule has 0 saturated heterocycles. The lowest BCUT2D eigenvalue weighted by Gasteiger charge is -2.07. The Bertz CT molecular complexity index is 804. The molecule has 0 aliphatic rings. The van der Waals surface area contributed by atoms with Crippen molar-refractivity contribution in [3.8, 4) is 5.69 Å². The molecule has 0 bridgehead atoms. The number of hydrogen-bond donors (Lipinski definition) is 1. The summed E-state index contributed by atoms with van der Waals surface area (Å²) < 4.78 is 1.84. The van der Waals surface area contributed by atoms with Crippen LogP contribution >= 0.6 is 0 Å². The molecular weight excluding hydrogens is 262 g/mol. The highest BCUT2D eigenvalue weighted by molar-refractivity contribution is 5.87. The van der Waals surface area contributed by atoms with Crippen LogP contribution in [0.2, 0.25) is 0 Å². The molecule has 0 aliphatic heterocycles. The van der Waals surface area contributed by atoms with Crippen molar-refractivity contribution in [3.05, 3.63) is 54.5 Å². The lowest BCUT2D eigenvalue weighted by molar-refractivity contribution is 0.893. The van der Waals surface area contributed by atoms with E-state index in [1.54, 1.807) is 18.6 Å². The van der Waals surface area contributed by atoms with Gasteiger partial charge in [-0.1, -0.05) is 12.1 Å². The number of aryl methyl sites for hydroxylation is 2. The van der Waals surface area contributed by atoms with E-state index < -0.39 is 0 Å². The first kappa shape index (κ1) is 13.3. The minimum atomic E-state index is 0.654. The van der Waals surface area contributed by atoms with Gasteiger partial charge in [0.1, 0.15) is 12.1 Å². The Morgan fingerprint density at radius 2 is 2.10 bits per heavy atom. The zero-order chi connectivity index (χ0) is 14.8. The molecule has 5 nitrogen and oxygen atoms in total. The molecule has 1 aromatic carbocycles. The third-order valence-electron chi connectivity index (χ3n) is 3.51. The Hall–Kier alpha value is -2.69. The predicted octanol–water partition coefficient (Wildman–Crippen LogP) is 3.03. The van der Waals surface area contributed by atoms with Gasteiger partial charge in [-0.15, -0.1) is 6.58 Å². The summed E-state index contributed by atoms with van der Waals surface area (Å²) in [5.74, 6) is 0.773. The van der Waals surface area contributed by atoms with E-state index in [0.29, 0.717) is 6.54 Å². The first-order valence-electron chi connectivity index (χ1n) is 6.82. The van der Waals surface area contributed by atoms with Gasteiger partial charge in [0.05, 0.1) is 17.3 Å². The van der Waals surface area contributed by atoms with Crippen molar-refractivity contribution in [1.82, 2.24) is 19.7 Å². The number of fused-ring (bicyclic) bond motifs is 1. The van der Waals surface area contributed by atoms with E-state index in [2.05, 4.69) is 52.9 Å². The SMILES string of the molecule is C=CCNc1ncnc2c1cnn2-c1ccc(C)c(C)c1. The number of benzene rings is 1. The van der Waals surface area contributed by atoms with E-state index in [1.807, 2.05) is 10.7 Å². The number of aromatic nitrogens is 4. The summed E-state index contributed by atoms with van der Waals surface area (Å²) in [6.07, 6.45) is 5.13. The standard InChI is InChI=1S/C16H17N5/c1-4-7-17-15-14-9-20-21(16(14)19-10-18-15)13-6-5-11(2)12(3)8-13/h4-6,8-10H,1,7H2,2-3H3,(H,17,18,19). The molecule has 0 saturated carbocycles. The van der Waals surface area contributed by atoms with E-state index in [9.17, 15) is 0 Å². The van der Waals surface area contributed by atoms with Crippen LogP contribution in [0.3, 0.4) is 0 Å². The fourth-order valence-electron chi connectivity index (χ4n) is 2.20. The van der Waals surface area contributed by atoms with Crippen molar-refractivity contribution < 1.29 is 0 Å². The molecule has 0 atom stereocenters. The average Bonchev–Trinajstić information content (AvgIpc) is 2.92. The van der Waals surface area contributed by atoms with E-state index in [-0.39, 0.29) is 0 Å². The van der Waals surface area contributed by atoms with Gasteiger partial charge in [0.25, 0.3) is 0 Å². The summed E-state index contributed by atoms with van der Waals surface area (Å²) in [5.41, 5.74) is 4.29. The summed E-state index contributed by atoms with van der Waals surface area (Å²) in [6, 6.07) is 6.25. The lowest BCUT2D eigenvalue weighted by Crippen LogP contribution is -2.02. The number of nitrogens with one attached hydrogen (secondary N) is 1. The second kappa shape index (κ2) is 5.36. The van der Waals surface area contributed by atoms with Gasteiger partial charge in [-0.3, -0.25) is 0 Å². The van der Waals surface area contributed by atoms with Gasteiger partial charge >= 0.3 is 0 Å². The second-order valence-electron chi connectivity index (χ2n) is 4.95. The minimum Gasteiger partial charge on any atom is -0.366 e. The van der Waals surface area contributed by atoms with E-state index in [0.717, 1.165) is 22.5 Å². The van der Waals surface area contributed by atoms with Crippen LogP contribution in [-0.4, -0.2) is 26.3 Å². The van der Waals surface area contributed by atoms with Gasteiger partial charge in [0.15, 0.2) is 5.65 Å². The van der Waals surface area contributed by atoms with Gasteiger partial charge in [0, 0.05) is 6.54 Å². The molecule has 0 amide bonds. The molecule has 1 N–H and O–H groups in total. The minimum absolute atomic E-state index is 0.654. The van der Waals surface area contributed by atoms with Crippen molar-refractivity contribution in [2.45, 2.75) is 13.8 Å². The second-order valence-corrected chi connectivity index (χ2v) is 4.95. The van der Waals surface area contributed by atoms with Gasteiger partial charge in [-0.05, 0) is 37.1 Å². The highest BCUT2D eigenvalue weighted by Crippen LogP contribution is 2.22. The highest BCUT2D eigenvalue weighted by atomic mass is 15.3. The van der Waals surface area contributed by atoms with Crippen molar-refractivity contribution in [3.63, 3.8) is 0 Å². The Morgan fingerprint density at radius 3 is 2.86 bits per heavy atom. The Morgan fingerprint density at radius 1 is 1.24 bits per heavy atom. The average molecular weight is 279 g/mol.